The molecule has 6 heteroatoms. The highest BCUT2D eigenvalue weighted by atomic mass is 32.1. The molecule has 26 heavy (non-hydrogen) atoms. The Morgan fingerprint density at radius 3 is 2.42 bits per heavy atom. The second-order valence-electron chi connectivity index (χ2n) is 6.30. The van der Waals surface area contributed by atoms with Crippen LogP contribution in [0.2, 0.25) is 0 Å². The Morgan fingerprint density at radius 2 is 1.77 bits per heavy atom. The smallest absolute Gasteiger partial charge is 0.269 e. The van der Waals surface area contributed by atoms with E-state index in [2.05, 4.69) is 26.8 Å². The van der Waals surface area contributed by atoms with Crippen molar-refractivity contribution in [3.63, 3.8) is 0 Å². The van der Waals surface area contributed by atoms with Crippen LogP contribution in [0.3, 0.4) is 0 Å². The average Bonchev–Trinajstić information content (AvgIpc) is 2.97. The number of hydrogen-bond acceptors (Lipinski definition) is 4. The number of benzene rings is 2. The summed E-state index contributed by atoms with van der Waals surface area (Å²) < 4.78 is 2.77. The van der Waals surface area contributed by atoms with Crippen LogP contribution < -0.4 is 16.6 Å². The molecular formula is C20H22N4OS. The van der Waals surface area contributed by atoms with Crippen LogP contribution in [-0.2, 0) is 6.42 Å². The zero-order valence-electron chi connectivity index (χ0n) is 14.8. The molecule has 0 bridgehead atoms. The molecule has 0 radical (unpaired) electrons. The minimum atomic E-state index is -0.172. The molecule has 5 nitrogen and oxygen atoms in total. The van der Waals surface area contributed by atoms with E-state index in [9.17, 15) is 4.79 Å². The highest BCUT2D eigenvalue weighted by Gasteiger charge is 2.15. The van der Waals surface area contributed by atoms with Gasteiger partial charge in [0.1, 0.15) is 5.84 Å². The summed E-state index contributed by atoms with van der Waals surface area (Å²) in [5.41, 5.74) is 9.53. The Hall–Kier alpha value is -2.86. The Kier molecular flexibility index (Phi) is 5.53. The summed E-state index contributed by atoms with van der Waals surface area (Å²) in [7, 11) is 0. The summed E-state index contributed by atoms with van der Waals surface area (Å²) in [6.45, 7) is 3.87. The van der Waals surface area contributed by atoms with Crippen LogP contribution in [0.25, 0.3) is 0 Å². The first kappa shape index (κ1) is 17.9. The summed E-state index contributed by atoms with van der Waals surface area (Å²) in [5, 5.41) is 3.36. The fourth-order valence-corrected chi connectivity index (χ4v) is 3.50. The van der Waals surface area contributed by atoms with Crippen molar-refractivity contribution in [2.45, 2.75) is 26.3 Å². The molecule has 0 aliphatic carbocycles. The number of nitrogens with zero attached hydrogens (tertiary/aromatic N) is 1. The topological polar surface area (TPSA) is 83.3 Å². The van der Waals surface area contributed by atoms with Gasteiger partial charge in [-0.2, -0.15) is 0 Å². The number of aromatic amines is 1. The van der Waals surface area contributed by atoms with Gasteiger partial charge in [0.25, 0.3) is 5.56 Å². The van der Waals surface area contributed by atoms with Crippen molar-refractivity contribution in [2.24, 2.45) is 10.7 Å². The first-order valence-corrected chi connectivity index (χ1v) is 9.29. The standard InChI is InChI=1S/C20H22N4OS/c1-13(2)22-19(21)18-17(26-24-20(18)25)12-14-8-10-16(11-9-14)23-15-6-4-3-5-7-15/h3-11,13,23H,12H2,1-2H3,(H2,21,22)(H,24,25). The van der Waals surface area contributed by atoms with Crippen molar-refractivity contribution in [1.29, 1.82) is 0 Å². The Morgan fingerprint density at radius 1 is 1.12 bits per heavy atom. The third-order valence-electron chi connectivity index (χ3n) is 3.81. The van der Waals surface area contributed by atoms with Gasteiger partial charge < -0.3 is 11.1 Å². The van der Waals surface area contributed by atoms with E-state index < -0.39 is 0 Å². The fraction of sp³-hybridized carbons (Fsp3) is 0.200. The molecule has 0 saturated carbocycles. The molecule has 4 N–H and O–H groups in total. The number of aliphatic imine (C=N–C) groups is 1. The number of amidine groups is 1. The summed E-state index contributed by atoms with van der Waals surface area (Å²) in [6.07, 6.45) is 0.638. The lowest BCUT2D eigenvalue weighted by Crippen LogP contribution is -2.24. The van der Waals surface area contributed by atoms with Crippen LogP contribution in [0.1, 0.15) is 29.9 Å². The predicted molar refractivity (Wildman–Crippen MR) is 110 cm³/mol. The molecule has 1 aromatic heterocycles. The lowest BCUT2D eigenvalue weighted by atomic mass is 10.1. The van der Waals surface area contributed by atoms with Crippen molar-refractivity contribution in [3.8, 4) is 0 Å². The summed E-state index contributed by atoms with van der Waals surface area (Å²) >= 11 is 1.32. The van der Waals surface area contributed by atoms with Crippen molar-refractivity contribution >= 4 is 28.7 Å². The molecule has 2 aromatic carbocycles. The van der Waals surface area contributed by atoms with Gasteiger partial charge in [0.05, 0.1) is 5.56 Å². The van der Waals surface area contributed by atoms with Crippen LogP contribution in [0, 0.1) is 0 Å². The molecular weight excluding hydrogens is 344 g/mol. The first-order chi connectivity index (χ1) is 12.5. The summed E-state index contributed by atoms with van der Waals surface area (Å²) in [4.78, 5) is 17.3. The predicted octanol–water partition coefficient (Wildman–Crippen LogP) is 3.88. The van der Waals surface area contributed by atoms with Gasteiger partial charge in [-0.05, 0) is 43.7 Å². The first-order valence-electron chi connectivity index (χ1n) is 8.48. The third-order valence-corrected chi connectivity index (χ3v) is 4.69. The molecule has 0 aliphatic heterocycles. The van der Waals surface area contributed by atoms with Gasteiger partial charge in [0.15, 0.2) is 0 Å². The Labute approximate surface area is 156 Å². The minimum absolute atomic E-state index is 0.0468. The molecule has 0 saturated heterocycles. The number of aromatic nitrogens is 1. The normalized spacial score (nSPS) is 11.7. The highest BCUT2D eigenvalue weighted by molar-refractivity contribution is 7.06. The number of nitrogens with two attached hydrogens (primary N) is 1. The van der Waals surface area contributed by atoms with Gasteiger partial charge in [-0.25, -0.2) is 0 Å². The van der Waals surface area contributed by atoms with E-state index in [0.29, 0.717) is 17.8 Å². The SMILES string of the molecule is CC(C)N=C(N)c1c(Cc2ccc(Nc3ccccc3)cc2)s[nH]c1=O. The molecule has 0 atom stereocenters. The highest BCUT2D eigenvalue weighted by Crippen LogP contribution is 2.20. The minimum Gasteiger partial charge on any atom is -0.383 e. The van der Waals surface area contributed by atoms with Gasteiger partial charge >= 0.3 is 0 Å². The third kappa shape index (κ3) is 4.40. The van der Waals surface area contributed by atoms with Crippen molar-refractivity contribution in [1.82, 2.24) is 4.37 Å². The summed E-state index contributed by atoms with van der Waals surface area (Å²) in [6, 6.07) is 18.2. The Balaban J connectivity index is 1.77. The van der Waals surface area contributed by atoms with Crippen LogP contribution in [0.5, 0.6) is 0 Å². The molecule has 0 fully saturated rings. The maximum Gasteiger partial charge on any atom is 0.269 e. The molecule has 134 valence electrons. The number of hydrogen-bond donors (Lipinski definition) is 3. The van der Waals surface area contributed by atoms with Crippen molar-refractivity contribution < 1.29 is 0 Å². The number of rotatable bonds is 6. The second-order valence-corrected chi connectivity index (χ2v) is 7.21. The fourth-order valence-electron chi connectivity index (χ4n) is 2.64. The monoisotopic (exact) mass is 366 g/mol. The average molecular weight is 366 g/mol. The van der Waals surface area contributed by atoms with Crippen molar-refractivity contribution in [3.05, 3.63) is 81.0 Å². The van der Waals surface area contributed by atoms with E-state index >= 15 is 0 Å². The number of para-hydroxylation sites is 1. The van der Waals surface area contributed by atoms with E-state index in [0.717, 1.165) is 21.8 Å². The Bertz CT molecular complexity index is 940. The number of H-pyrrole nitrogens is 1. The van der Waals surface area contributed by atoms with E-state index in [1.165, 1.54) is 11.5 Å². The second kappa shape index (κ2) is 8.01. The van der Waals surface area contributed by atoms with Crippen LogP contribution in [-0.4, -0.2) is 16.3 Å². The molecule has 1 heterocycles. The zero-order chi connectivity index (χ0) is 18.5. The molecule has 0 spiro atoms. The lowest BCUT2D eigenvalue weighted by Gasteiger charge is -2.08. The van der Waals surface area contributed by atoms with Crippen molar-refractivity contribution in [2.75, 3.05) is 5.32 Å². The van der Waals surface area contributed by atoms with Gasteiger partial charge in [0, 0.05) is 28.7 Å². The quantitative estimate of drug-likeness (QED) is 0.457. The van der Waals surface area contributed by atoms with Gasteiger partial charge in [-0.15, -0.1) is 0 Å². The van der Waals surface area contributed by atoms with E-state index in [-0.39, 0.29) is 11.6 Å². The lowest BCUT2D eigenvalue weighted by molar-refractivity contribution is 0.834. The van der Waals surface area contributed by atoms with E-state index in [4.69, 9.17) is 5.73 Å². The zero-order valence-corrected chi connectivity index (χ0v) is 15.6. The van der Waals surface area contributed by atoms with Gasteiger partial charge in [-0.3, -0.25) is 14.2 Å². The number of anilines is 2. The molecule has 3 rings (SSSR count). The maximum absolute atomic E-state index is 12.1. The van der Waals surface area contributed by atoms with Gasteiger partial charge in [0.2, 0.25) is 0 Å². The van der Waals surface area contributed by atoms with Gasteiger partial charge in [-0.1, -0.05) is 41.9 Å². The van der Waals surface area contributed by atoms with E-state index in [1.54, 1.807) is 0 Å². The molecule has 0 aliphatic rings. The van der Waals surface area contributed by atoms with Crippen LogP contribution >= 0.6 is 11.5 Å². The number of nitrogens with one attached hydrogen (secondary N) is 2. The van der Waals surface area contributed by atoms with Crippen LogP contribution in [0.15, 0.2) is 64.4 Å². The molecule has 0 unspecified atom stereocenters. The largest absolute Gasteiger partial charge is 0.383 e. The maximum atomic E-state index is 12.1. The molecule has 0 amide bonds. The van der Waals surface area contributed by atoms with Crippen LogP contribution in [0.4, 0.5) is 11.4 Å². The molecule has 3 aromatic rings. The summed E-state index contributed by atoms with van der Waals surface area (Å²) in [5.74, 6) is 0.305. The van der Waals surface area contributed by atoms with E-state index in [1.807, 2.05) is 56.3 Å².